The molecule has 11 heavy (non-hydrogen) atoms. The molecule has 0 aliphatic carbocycles. The van der Waals surface area contributed by atoms with Gasteiger partial charge < -0.3 is 4.74 Å². The van der Waals surface area contributed by atoms with E-state index in [1.807, 2.05) is 16.9 Å². The molecule has 1 aliphatic heterocycles. The Balaban J connectivity index is 1.90. The van der Waals surface area contributed by atoms with E-state index < -0.39 is 0 Å². The van der Waals surface area contributed by atoms with Gasteiger partial charge in [-0.05, 0) is 18.9 Å². The lowest BCUT2D eigenvalue weighted by Crippen LogP contribution is -2.14. The Morgan fingerprint density at radius 2 is 2.64 bits per heavy atom. The highest BCUT2D eigenvalue weighted by Gasteiger charge is 2.15. The molecule has 1 aromatic rings. The molecule has 3 nitrogen and oxygen atoms in total. The Labute approximate surface area is 66.0 Å². The molecule has 1 aliphatic rings. The van der Waals surface area contributed by atoms with Gasteiger partial charge in [0.15, 0.2) is 0 Å². The van der Waals surface area contributed by atoms with E-state index in [1.54, 1.807) is 6.20 Å². The van der Waals surface area contributed by atoms with Crippen LogP contribution in [-0.4, -0.2) is 22.5 Å². The van der Waals surface area contributed by atoms with Crippen molar-refractivity contribution in [2.45, 2.75) is 25.5 Å². The highest BCUT2D eigenvalue weighted by atomic mass is 16.5. The van der Waals surface area contributed by atoms with Crippen LogP contribution < -0.4 is 0 Å². The van der Waals surface area contributed by atoms with Gasteiger partial charge >= 0.3 is 0 Å². The van der Waals surface area contributed by atoms with Gasteiger partial charge in [0.2, 0.25) is 0 Å². The SMILES string of the molecule is c1cnn(C[C@@H]2CCCO2)c1. The lowest BCUT2D eigenvalue weighted by molar-refractivity contribution is 0.0940. The molecule has 3 heteroatoms. The molecule has 0 amide bonds. The predicted octanol–water partition coefficient (Wildman–Crippen LogP) is 1.06. The summed E-state index contributed by atoms with van der Waals surface area (Å²) in [6, 6.07) is 1.94. The highest BCUT2D eigenvalue weighted by molar-refractivity contribution is 4.79. The van der Waals surface area contributed by atoms with Crippen LogP contribution >= 0.6 is 0 Å². The van der Waals surface area contributed by atoms with Crippen LogP contribution in [0.3, 0.4) is 0 Å². The fourth-order valence-electron chi connectivity index (χ4n) is 1.41. The number of hydrogen-bond donors (Lipinski definition) is 0. The molecule has 0 unspecified atom stereocenters. The highest BCUT2D eigenvalue weighted by Crippen LogP contribution is 2.12. The normalized spacial score (nSPS) is 24.2. The molecule has 1 aromatic heterocycles. The van der Waals surface area contributed by atoms with E-state index in [0.717, 1.165) is 13.2 Å². The van der Waals surface area contributed by atoms with Crippen LogP contribution in [0.25, 0.3) is 0 Å². The smallest absolute Gasteiger partial charge is 0.0771 e. The molecule has 0 aromatic carbocycles. The Bertz CT molecular complexity index is 202. The average molecular weight is 152 g/mol. The summed E-state index contributed by atoms with van der Waals surface area (Å²) in [6.45, 7) is 1.83. The lowest BCUT2D eigenvalue weighted by atomic mass is 10.2. The Kier molecular flexibility index (Phi) is 1.90. The first kappa shape index (κ1) is 6.85. The molecule has 1 saturated heterocycles. The van der Waals surface area contributed by atoms with Gasteiger partial charge in [-0.2, -0.15) is 5.10 Å². The monoisotopic (exact) mass is 152 g/mol. The minimum atomic E-state index is 0.398. The summed E-state index contributed by atoms with van der Waals surface area (Å²) in [5, 5.41) is 4.12. The van der Waals surface area contributed by atoms with Crippen molar-refractivity contribution in [2.24, 2.45) is 0 Å². The topological polar surface area (TPSA) is 27.1 Å². The van der Waals surface area contributed by atoms with Gasteiger partial charge in [0.1, 0.15) is 0 Å². The molecule has 0 spiro atoms. The van der Waals surface area contributed by atoms with Crippen LogP contribution in [0.15, 0.2) is 18.5 Å². The second-order valence-electron chi connectivity index (χ2n) is 2.86. The third-order valence-electron chi connectivity index (χ3n) is 1.97. The number of hydrogen-bond acceptors (Lipinski definition) is 2. The van der Waals surface area contributed by atoms with E-state index >= 15 is 0 Å². The summed E-state index contributed by atoms with van der Waals surface area (Å²) in [7, 11) is 0. The van der Waals surface area contributed by atoms with Crippen molar-refractivity contribution in [3.8, 4) is 0 Å². The quantitative estimate of drug-likeness (QED) is 0.633. The molecule has 0 saturated carbocycles. The van der Waals surface area contributed by atoms with Crippen molar-refractivity contribution in [3.63, 3.8) is 0 Å². The number of aromatic nitrogens is 2. The molecule has 0 N–H and O–H groups in total. The van der Waals surface area contributed by atoms with Crippen molar-refractivity contribution in [3.05, 3.63) is 18.5 Å². The van der Waals surface area contributed by atoms with Crippen LogP contribution in [0.2, 0.25) is 0 Å². The van der Waals surface area contributed by atoms with E-state index in [2.05, 4.69) is 5.10 Å². The molecule has 1 fully saturated rings. The third-order valence-corrected chi connectivity index (χ3v) is 1.97. The van der Waals surface area contributed by atoms with Gasteiger partial charge in [-0.3, -0.25) is 4.68 Å². The Hall–Kier alpha value is -0.830. The lowest BCUT2D eigenvalue weighted by Gasteiger charge is -2.07. The number of nitrogens with zero attached hydrogens (tertiary/aromatic N) is 2. The molecule has 2 rings (SSSR count). The first-order valence-electron chi connectivity index (χ1n) is 4.04. The third kappa shape index (κ3) is 1.60. The number of ether oxygens (including phenoxy) is 1. The summed E-state index contributed by atoms with van der Waals surface area (Å²) < 4.78 is 7.39. The molecule has 2 heterocycles. The summed E-state index contributed by atoms with van der Waals surface area (Å²) in [5.41, 5.74) is 0. The maximum atomic E-state index is 5.47. The summed E-state index contributed by atoms with van der Waals surface area (Å²) in [4.78, 5) is 0. The second kappa shape index (κ2) is 3.05. The Morgan fingerprint density at radius 3 is 3.27 bits per heavy atom. The van der Waals surface area contributed by atoms with Crippen LogP contribution in [-0.2, 0) is 11.3 Å². The van der Waals surface area contributed by atoms with E-state index in [1.165, 1.54) is 12.8 Å². The van der Waals surface area contributed by atoms with E-state index in [0.29, 0.717) is 6.10 Å². The van der Waals surface area contributed by atoms with Gasteiger partial charge in [0, 0.05) is 19.0 Å². The maximum absolute atomic E-state index is 5.47. The van der Waals surface area contributed by atoms with Crippen LogP contribution in [0.1, 0.15) is 12.8 Å². The van der Waals surface area contributed by atoms with Crippen molar-refractivity contribution in [1.29, 1.82) is 0 Å². The molecule has 0 bridgehead atoms. The van der Waals surface area contributed by atoms with Gasteiger partial charge in [-0.15, -0.1) is 0 Å². The van der Waals surface area contributed by atoms with Gasteiger partial charge in [0.25, 0.3) is 0 Å². The van der Waals surface area contributed by atoms with Gasteiger partial charge in [-0.1, -0.05) is 0 Å². The maximum Gasteiger partial charge on any atom is 0.0771 e. The zero-order valence-corrected chi connectivity index (χ0v) is 6.44. The molecular formula is C8H12N2O. The largest absolute Gasteiger partial charge is 0.376 e. The van der Waals surface area contributed by atoms with Crippen LogP contribution in [0, 0.1) is 0 Å². The standard InChI is InChI=1S/C8H12N2O/c1-3-8(11-6-1)7-10-5-2-4-9-10/h2,4-5,8H,1,3,6-7H2/t8-/m0/s1. The van der Waals surface area contributed by atoms with Crippen molar-refractivity contribution in [2.75, 3.05) is 6.61 Å². The van der Waals surface area contributed by atoms with E-state index in [-0.39, 0.29) is 0 Å². The molecule has 60 valence electrons. The molecule has 1 atom stereocenters. The summed E-state index contributed by atoms with van der Waals surface area (Å²) >= 11 is 0. The zero-order valence-electron chi connectivity index (χ0n) is 6.44. The summed E-state index contributed by atoms with van der Waals surface area (Å²) in [6.07, 6.45) is 6.55. The minimum Gasteiger partial charge on any atom is -0.376 e. The fraction of sp³-hybridized carbons (Fsp3) is 0.625. The van der Waals surface area contributed by atoms with Crippen molar-refractivity contribution < 1.29 is 4.74 Å². The number of rotatable bonds is 2. The molecular weight excluding hydrogens is 140 g/mol. The van der Waals surface area contributed by atoms with Gasteiger partial charge in [0.05, 0.1) is 12.6 Å². The fourth-order valence-corrected chi connectivity index (χ4v) is 1.41. The van der Waals surface area contributed by atoms with Crippen molar-refractivity contribution in [1.82, 2.24) is 9.78 Å². The minimum absolute atomic E-state index is 0.398. The summed E-state index contributed by atoms with van der Waals surface area (Å²) in [5.74, 6) is 0. The zero-order chi connectivity index (χ0) is 7.52. The molecule has 0 radical (unpaired) electrons. The van der Waals surface area contributed by atoms with E-state index in [4.69, 9.17) is 4.74 Å². The van der Waals surface area contributed by atoms with Crippen molar-refractivity contribution >= 4 is 0 Å². The van der Waals surface area contributed by atoms with Gasteiger partial charge in [-0.25, -0.2) is 0 Å². The Morgan fingerprint density at radius 1 is 1.64 bits per heavy atom. The first-order valence-corrected chi connectivity index (χ1v) is 4.04. The first-order chi connectivity index (χ1) is 5.45. The predicted molar refractivity (Wildman–Crippen MR) is 41.2 cm³/mol. The van der Waals surface area contributed by atoms with Crippen LogP contribution in [0.5, 0.6) is 0 Å². The van der Waals surface area contributed by atoms with E-state index in [9.17, 15) is 0 Å². The average Bonchev–Trinajstić information content (AvgIpc) is 2.60. The second-order valence-corrected chi connectivity index (χ2v) is 2.86. The van der Waals surface area contributed by atoms with Crippen LogP contribution in [0.4, 0.5) is 0 Å².